The van der Waals surface area contributed by atoms with Crippen LogP contribution >= 0.6 is 0 Å². The van der Waals surface area contributed by atoms with Crippen LogP contribution < -0.4 is 21.7 Å². The van der Waals surface area contributed by atoms with Gasteiger partial charge in [-0.05, 0) is 23.8 Å². The van der Waals surface area contributed by atoms with Crippen molar-refractivity contribution in [1.82, 2.24) is 9.97 Å². The summed E-state index contributed by atoms with van der Waals surface area (Å²) in [5.41, 5.74) is 8.05. The lowest BCUT2D eigenvalue weighted by molar-refractivity contribution is -0.118. The minimum atomic E-state index is -0.615. The first kappa shape index (κ1) is 20.8. The highest BCUT2D eigenvalue weighted by Crippen LogP contribution is 2.21. The van der Waals surface area contributed by atoms with Crippen LogP contribution in [-0.4, -0.2) is 21.8 Å². The van der Waals surface area contributed by atoms with E-state index < -0.39 is 5.91 Å². The number of anilines is 4. The predicted octanol–water partition coefficient (Wildman–Crippen LogP) is 3.53. The Hall–Kier alpha value is -3.94. The number of aromatic nitrogens is 2. The maximum absolute atomic E-state index is 11.9. The normalized spacial score (nSPS) is 10.5. The summed E-state index contributed by atoms with van der Waals surface area (Å²) in [7, 11) is 0. The molecule has 0 aliphatic rings. The number of hydrogen-bond donors (Lipinski definition) is 4. The maximum atomic E-state index is 11.9. The summed E-state index contributed by atoms with van der Waals surface area (Å²) >= 11 is 0. The molecule has 30 heavy (non-hydrogen) atoms. The molecule has 0 aliphatic carbocycles. The molecule has 1 aromatic heterocycles. The van der Waals surface area contributed by atoms with Crippen molar-refractivity contribution in [3.63, 3.8) is 0 Å². The highest BCUT2D eigenvalue weighted by atomic mass is 16.2. The van der Waals surface area contributed by atoms with Crippen LogP contribution in [0.5, 0.6) is 0 Å². The Balaban J connectivity index is 1.78. The molecule has 2 amide bonds. The van der Waals surface area contributed by atoms with Gasteiger partial charge in [0.05, 0.1) is 5.56 Å². The molecule has 0 radical (unpaired) electrons. The second-order valence-corrected chi connectivity index (χ2v) is 7.01. The van der Waals surface area contributed by atoms with Crippen LogP contribution in [0.25, 0.3) is 0 Å². The third kappa shape index (κ3) is 5.54. The van der Waals surface area contributed by atoms with Gasteiger partial charge in [0, 0.05) is 30.0 Å². The van der Waals surface area contributed by atoms with Gasteiger partial charge in [0.25, 0.3) is 5.91 Å². The molecule has 3 aromatic rings. The van der Waals surface area contributed by atoms with E-state index in [-0.39, 0.29) is 17.4 Å². The lowest BCUT2D eigenvalue weighted by Crippen LogP contribution is -2.18. The number of amides is 2. The molecule has 0 saturated heterocycles. The predicted molar refractivity (Wildman–Crippen MR) is 118 cm³/mol. The van der Waals surface area contributed by atoms with Gasteiger partial charge in [-0.3, -0.25) is 9.59 Å². The number of carbonyl (C=O) groups is 2. The Bertz CT molecular complexity index is 1040. The van der Waals surface area contributed by atoms with Crippen LogP contribution in [-0.2, 0) is 11.3 Å². The standard InChI is InChI=1S/C22H24N6O2/c1-14(2)21(30)26-16-9-6-10-17(11-16)27-22-25-13-18(19(23)29)20(28-22)24-12-15-7-4-3-5-8-15/h3-11,13-14H,12H2,1-2H3,(H2,23,29)(H,26,30)(H2,24,25,27,28). The lowest BCUT2D eigenvalue weighted by atomic mass is 10.2. The van der Waals surface area contributed by atoms with E-state index in [4.69, 9.17) is 5.73 Å². The van der Waals surface area contributed by atoms with Crippen molar-refractivity contribution >= 4 is 35.0 Å². The summed E-state index contributed by atoms with van der Waals surface area (Å²) in [5, 5.41) is 9.07. The van der Waals surface area contributed by atoms with Crippen molar-refractivity contribution in [2.75, 3.05) is 16.0 Å². The summed E-state index contributed by atoms with van der Waals surface area (Å²) in [4.78, 5) is 32.2. The first-order chi connectivity index (χ1) is 14.4. The van der Waals surface area contributed by atoms with Gasteiger partial charge < -0.3 is 21.7 Å². The van der Waals surface area contributed by atoms with Crippen molar-refractivity contribution in [3.8, 4) is 0 Å². The summed E-state index contributed by atoms with van der Waals surface area (Å²) in [5.74, 6) is -0.169. The van der Waals surface area contributed by atoms with E-state index in [1.807, 2.05) is 56.3 Å². The molecular formula is C22H24N6O2. The Kier molecular flexibility index (Phi) is 6.59. The van der Waals surface area contributed by atoms with Gasteiger partial charge >= 0.3 is 0 Å². The largest absolute Gasteiger partial charge is 0.365 e. The molecule has 0 fully saturated rings. The first-order valence-corrected chi connectivity index (χ1v) is 9.55. The molecule has 8 nitrogen and oxygen atoms in total. The Morgan fingerprint density at radius 1 is 1.03 bits per heavy atom. The zero-order valence-corrected chi connectivity index (χ0v) is 16.8. The van der Waals surface area contributed by atoms with Gasteiger partial charge in [-0.25, -0.2) is 4.98 Å². The van der Waals surface area contributed by atoms with E-state index in [0.717, 1.165) is 5.56 Å². The molecule has 0 unspecified atom stereocenters. The summed E-state index contributed by atoms with van der Waals surface area (Å²) < 4.78 is 0. The Labute approximate surface area is 174 Å². The molecule has 5 N–H and O–H groups in total. The number of hydrogen-bond acceptors (Lipinski definition) is 6. The van der Waals surface area contributed by atoms with Gasteiger partial charge in [-0.15, -0.1) is 0 Å². The second-order valence-electron chi connectivity index (χ2n) is 7.01. The summed E-state index contributed by atoms with van der Waals surface area (Å²) in [6, 6.07) is 17.0. The number of nitrogens with two attached hydrogens (primary N) is 1. The monoisotopic (exact) mass is 404 g/mol. The maximum Gasteiger partial charge on any atom is 0.254 e. The first-order valence-electron chi connectivity index (χ1n) is 9.55. The van der Waals surface area contributed by atoms with Gasteiger partial charge in [0.2, 0.25) is 11.9 Å². The van der Waals surface area contributed by atoms with Crippen molar-refractivity contribution in [3.05, 3.63) is 71.9 Å². The van der Waals surface area contributed by atoms with Crippen LogP contribution in [0.15, 0.2) is 60.8 Å². The Morgan fingerprint density at radius 3 is 2.47 bits per heavy atom. The molecule has 1 heterocycles. The molecular weight excluding hydrogens is 380 g/mol. The highest BCUT2D eigenvalue weighted by molar-refractivity contribution is 5.97. The van der Waals surface area contributed by atoms with Crippen LogP contribution in [0.2, 0.25) is 0 Å². The van der Waals surface area contributed by atoms with Crippen LogP contribution in [0, 0.1) is 5.92 Å². The number of rotatable bonds is 8. The number of primary amides is 1. The number of benzene rings is 2. The molecule has 3 rings (SSSR count). The van der Waals surface area contributed by atoms with Gasteiger partial charge in [-0.2, -0.15) is 4.98 Å². The van der Waals surface area contributed by atoms with Gasteiger partial charge in [0.15, 0.2) is 0 Å². The van der Waals surface area contributed by atoms with E-state index in [0.29, 0.717) is 29.7 Å². The number of carbonyl (C=O) groups excluding carboxylic acids is 2. The molecule has 154 valence electrons. The quantitative estimate of drug-likeness (QED) is 0.456. The third-order valence-electron chi connectivity index (χ3n) is 4.27. The topological polar surface area (TPSA) is 122 Å². The van der Waals surface area contributed by atoms with Crippen LogP contribution in [0.3, 0.4) is 0 Å². The van der Waals surface area contributed by atoms with E-state index in [9.17, 15) is 9.59 Å². The Morgan fingerprint density at radius 2 is 1.77 bits per heavy atom. The average molecular weight is 404 g/mol. The molecule has 2 aromatic carbocycles. The molecule has 8 heteroatoms. The highest BCUT2D eigenvalue weighted by Gasteiger charge is 2.13. The van der Waals surface area contributed by atoms with Gasteiger partial charge in [0.1, 0.15) is 5.82 Å². The molecule has 0 aliphatic heterocycles. The van der Waals surface area contributed by atoms with Crippen molar-refractivity contribution in [2.45, 2.75) is 20.4 Å². The number of nitrogens with zero attached hydrogens (tertiary/aromatic N) is 2. The lowest BCUT2D eigenvalue weighted by Gasteiger charge is -2.13. The van der Waals surface area contributed by atoms with E-state index in [2.05, 4.69) is 25.9 Å². The van der Waals surface area contributed by atoms with E-state index in [1.54, 1.807) is 12.1 Å². The zero-order valence-electron chi connectivity index (χ0n) is 16.8. The molecule has 0 bridgehead atoms. The summed E-state index contributed by atoms with van der Waals surface area (Å²) in [6.07, 6.45) is 1.38. The molecule has 0 spiro atoms. The van der Waals surface area contributed by atoms with Crippen molar-refractivity contribution in [1.29, 1.82) is 0 Å². The van der Waals surface area contributed by atoms with Crippen molar-refractivity contribution in [2.24, 2.45) is 11.7 Å². The number of nitrogens with one attached hydrogen (secondary N) is 3. The smallest absolute Gasteiger partial charge is 0.254 e. The minimum absolute atomic E-state index is 0.0680. The van der Waals surface area contributed by atoms with E-state index >= 15 is 0 Å². The van der Waals surface area contributed by atoms with Crippen LogP contribution in [0.4, 0.5) is 23.1 Å². The molecule has 0 atom stereocenters. The summed E-state index contributed by atoms with van der Waals surface area (Å²) in [6.45, 7) is 4.14. The fraction of sp³-hybridized carbons (Fsp3) is 0.182. The fourth-order valence-corrected chi connectivity index (χ4v) is 2.63. The van der Waals surface area contributed by atoms with Gasteiger partial charge in [-0.1, -0.05) is 50.2 Å². The fourth-order valence-electron chi connectivity index (χ4n) is 2.63. The van der Waals surface area contributed by atoms with Crippen LogP contribution in [0.1, 0.15) is 29.8 Å². The second kappa shape index (κ2) is 9.51. The zero-order chi connectivity index (χ0) is 21.5. The SMILES string of the molecule is CC(C)C(=O)Nc1cccc(Nc2ncc(C(N)=O)c(NCc3ccccc3)n2)c1. The van der Waals surface area contributed by atoms with E-state index in [1.165, 1.54) is 6.20 Å². The minimum Gasteiger partial charge on any atom is -0.365 e. The van der Waals surface area contributed by atoms with Crippen molar-refractivity contribution < 1.29 is 9.59 Å². The average Bonchev–Trinajstić information content (AvgIpc) is 2.73. The third-order valence-corrected chi connectivity index (χ3v) is 4.27. The molecule has 0 saturated carbocycles.